The first-order chi connectivity index (χ1) is 31.5. The number of hydrogen-bond acceptors (Lipinski definition) is 15. The molecule has 2 saturated carbocycles. The second-order valence-electron chi connectivity index (χ2n) is 14.9. The quantitative estimate of drug-likeness (QED) is 0.0581. The Labute approximate surface area is 373 Å². The third kappa shape index (κ3) is 10.8. The van der Waals surface area contributed by atoms with Crippen LogP contribution in [0.1, 0.15) is 66.7 Å². The van der Waals surface area contributed by atoms with E-state index in [9.17, 15) is 19.2 Å². The molecule has 2 aliphatic rings. The van der Waals surface area contributed by atoms with E-state index < -0.39 is 11.8 Å². The molecule has 0 spiro atoms. The Morgan fingerprint density at radius 1 is 0.723 bits per heavy atom. The average Bonchev–Trinajstić information content (AvgIpc) is 4.25. The lowest BCUT2D eigenvalue weighted by molar-refractivity contribution is -0.118. The predicted molar refractivity (Wildman–Crippen MR) is 241 cm³/mol. The normalized spacial score (nSPS) is 13.3. The third-order valence-corrected chi connectivity index (χ3v) is 10.4. The zero-order chi connectivity index (χ0) is 46.0. The molecule has 21 heteroatoms. The molecule has 0 bridgehead atoms. The number of rotatable bonds is 17. The molecular weight excluding hydrogens is 837 g/mol. The molecule has 2 aromatic carbocycles. The molecule has 2 fully saturated rings. The van der Waals surface area contributed by atoms with Gasteiger partial charge in [0.2, 0.25) is 11.8 Å². The number of amides is 4. The predicted octanol–water partition coefficient (Wildman–Crippen LogP) is 5.68. The van der Waals surface area contributed by atoms with Gasteiger partial charge in [-0.25, -0.2) is 4.68 Å². The molecule has 0 radical (unpaired) electrons. The van der Waals surface area contributed by atoms with Crippen LogP contribution in [0.3, 0.4) is 0 Å². The number of H-pyrrole nitrogens is 1. The number of aromatic nitrogens is 8. The largest absolute Gasteiger partial charge is 0.494 e. The van der Waals surface area contributed by atoms with E-state index >= 15 is 0 Å². The van der Waals surface area contributed by atoms with Gasteiger partial charge >= 0.3 is 0 Å². The van der Waals surface area contributed by atoms with Gasteiger partial charge in [-0.15, -0.1) is 20.4 Å². The zero-order valence-corrected chi connectivity index (χ0v) is 36.7. The smallest absolute Gasteiger partial charge is 0.273 e. The maximum absolute atomic E-state index is 12.4. The van der Waals surface area contributed by atoms with Crippen LogP contribution < -0.4 is 41.4 Å². The molecule has 65 heavy (non-hydrogen) atoms. The summed E-state index contributed by atoms with van der Waals surface area (Å²) in [6.07, 6.45) is 10.4. The Morgan fingerprint density at radius 3 is 1.66 bits per heavy atom. The summed E-state index contributed by atoms with van der Waals surface area (Å²) in [6, 6.07) is 14.4. The van der Waals surface area contributed by atoms with Gasteiger partial charge in [-0.3, -0.25) is 24.3 Å². The van der Waals surface area contributed by atoms with E-state index in [1.54, 1.807) is 49.6 Å². The second kappa shape index (κ2) is 20.5. The number of aromatic amines is 1. The number of nitrogens with zero attached hydrogens (tertiary/aromatic N) is 7. The van der Waals surface area contributed by atoms with E-state index in [1.807, 2.05) is 56.4 Å². The number of carbonyl (C=O) groups excluding carboxylic acids is 4. The number of carbonyl (C=O) groups is 4. The molecule has 8 rings (SSSR count). The fraction of sp³-hybridized carbons (Fsp3) is 0.318. The Kier molecular flexibility index (Phi) is 14.2. The molecule has 1 unspecified atom stereocenters. The van der Waals surface area contributed by atoms with E-state index in [0.29, 0.717) is 40.9 Å². The summed E-state index contributed by atoms with van der Waals surface area (Å²) >= 11 is 0. The molecule has 0 aliphatic heterocycles. The van der Waals surface area contributed by atoms with Crippen LogP contribution in [0.25, 0.3) is 22.3 Å². The molecule has 338 valence electrons. The van der Waals surface area contributed by atoms with Crippen molar-refractivity contribution in [1.29, 1.82) is 0 Å². The SMILES string of the molecule is CCOC(C)n1cc(-c2cccc(Nc3cc(NC(=O)C4CC4)nnc3C(=O)NC)c2OC)cn1.CNC(=O)c1nnc(NC(=O)C2CC2)cc1Nc1cccc(-c2cn[nH]c2)c1OC. The molecular formula is C44H50N14O7. The van der Waals surface area contributed by atoms with Gasteiger partial charge in [0.1, 0.15) is 17.7 Å². The van der Waals surface area contributed by atoms with Gasteiger partial charge in [0.25, 0.3) is 11.8 Å². The van der Waals surface area contributed by atoms with Crippen LogP contribution in [0.4, 0.5) is 34.4 Å². The number of benzene rings is 2. The Balaban J connectivity index is 0.000000196. The van der Waals surface area contributed by atoms with Crippen molar-refractivity contribution in [3.63, 3.8) is 0 Å². The third-order valence-electron chi connectivity index (χ3n) is 10.4. The maximum Gasteiger partial charge on any atom is 0.273 e. The van der Waals surface area contributed by atoms with Crippen molar-refractivity contribution in [3.8, 4) is 33.8 Å². The Bertz CT molecular complexity index is 2660. The number of hydrogen-bond donors (Lipinski definition) is 7. The van der Waals surface area contributed by atoms with E-state index in [1.165, 1.54) is 14.1 Å². The van der Waals surface area contributed by atoms with Crippen LogP contribution in [0.5, 0.6) is 11.5 Å². The lowest BCUT2D eigenvalue weighted by Gasteiger charge is -2.16. The minimum Gasteiger partial charge on any atom is -0.494 e. The van der Waals surface area contributed by atoms with Crippen molar-refractivity contribution in [3.05, 3.63) is 84.7 Å². The molecule has 7 N–H and O–H groups in total. The van der Waals surface area contributed by atoms with Crippen molar-refractivity contribution >= 4 is 58.0 Å². The highest BCUT2D eigenvalue weighted by molar-refractivity contribution is 6.01. The number of para-hydroxylation sites is 2. The van der Waals surface area contributed by atoms with Crippen LogP contribution in [-0.2, 0) is 14.3 Å². The molecule has 6 aromatic rings. The highest BCUT2D eigenvalue weighted by Crippen LogP contribution is 2.40. The summed E-state index contributed by atoms with van der Waals surface area (Å²) in [5, 5.41) is 44.3. The van der Waals surface area contributed by atoms with Crippen LogP contribution >= 0.6 is 0 Å². The molecule has 21 nitrogen and oxygen atoms in total. The summed E-state index contributed by atoms with van der Waals surface area (Å²) in [5.41, 5.74) is 5.49. The van der Waals surface area contributed by atoms with E-state index in [2.05, 4.69) is 67.6 Å². The summed E-state index contributed by atoms with van der Waals surface area (Å²) in [4.78, 5) is 49.0. The molecule has 1 atom stereocenters. The van der Waals surface area contributed by atoms with Gasteiger partial charge in [0.05, 0.1) is 49.4 Å². The first kappa shape index (κ1) is 45.1. The molecule has 0 saturated heterocycles. The van der Waals surface area contributed by atoms with E-state index in [0.717, 1.165) is 47.9 Å². The van der Waals surface area contributed by atoms with Gasteiger partial charge in [0, 0.05) is 79.3 Å². The van der Waals surface area contributed by atoms with Gasteiger partial charge in [0.15, 0.2) is 23.0 Å². The molecule has 4 aromatic heterocycles. The molecule has 4 amide bonds. The molecule has 2 aliphatic carbocycles. The topological polar surface area (TPSA) is 266 Å². The van der Waals surface area contributed by atoms with Crippen LogP contribution in [0.15, 0.2) is 73.3 Å². The highest BCUT2D eigenvalue weighted by Gasteiger charge is 2.31. The van der Waals surface area contributed by atoms with Gasteiger partial charge in [-0.2, -0.15) is 10.2 Å². The first-order valence-electron chi connectivity index (χ1n) is 20.9. The summed E-state index contributed by atoms with van der Waals surface area (Å²) in [7, 11) is 6.16. The lowest BCUT2D eigenvalue weighted by atomic mass is 10.1. The van der Waals surface area contributed by atoms with Gasteiger partial charge in [-0.1, -0.05) is 24.3 Å². The monoisotopic (exact) mass is 886 g/mol. The second-order valence-corrected chi connectivity index (χ2v) is 14.9. The van der Waals surface area contributed by atoms with Crippen molar-refractivity contribution < 1.29 is 33.4 Å². The Morgan fingerprint density at radius 2 is 1.23 bits per heavy atom. The minimum absolute atomic E-state index is 0.00922. The number of methoxy groups -OCH3 is 2. The number of nitrogens with one attached hydrogen (secondary N) is 7. The Hall–Kier alpha value is -7.94. The lowest BCUT2D eigenvalue weighted by Crippen LogP contribution is -2.22. The fourth-order valence-corrected chi connectivity index (χ4v) is 6.66. The fourth-order valence-electron chi connectivity index (χ4n) is 6.66. The van der Waals surface area contributed by atoms with Gasteiger partial charge in [-0.05, 0) is 51.7 Å². The van der Waals surface area contributed by atoms with Crippen molar-refractivity contribution in [2.45, 2.75) is 45.8 Å². The highest BCUT2D eigenvalue weighted by atomic mass is 16.5. The van der Waals surface area contributed by atoms with Crippen molar-refractivity contribution in [2.24, 2.45) is 11.8 Å². The van der Waals surface area contributed by atoms with Crippen molar-refractivity contribution in [2.75, 3.05) is 56.2 Å². The number of anilines is 6. The summed E-state index contributed by atoms with van der Waals surface area (Å²) < 4.78 is 18.7. The minimum atomic E-state index is -0.415. The molecule has 4 heterocycles. The van der Waals surface area contributed by atoms with Crippen LogP contribution in [0.2, 0.25) is 0 Å². The number of ether oxygens (including phenoxy) is 3. The average molecular weight is 887 g/mol. The summed E-state index contributed by atoms with van der Waals surface area (Å²) in [5.74, 6) is 0.671. The zero-order valence-electron chi connectivity index (χ0n) is 36.7. The standard InChI is InChI=1S/C24H29N7O4.C20H21N7O3/c1-5-35-14(2)31-13-16(12-26-31)17-7-6-8-18(22(17)34-4)27-19-11-20(28-23(32)15-9-10-15)29-30-21(19)24(33)25-3;1-21-20(29)17-15(8-16(26-27-17)25-19(28)11-6-7-11)24-14-5-3-4-13(18(14)30-2)12-9-22-23-10-12/h6-8,11-15H,5,9-10H2,1-4H3,(H,25,33)(H2,27,28,29,32);3-5,8-11H,6-7H2,1-2H3,(H,21,29)(H,22,23)(H2,24,25,26,28). The van der Waals surface area contributed by atoms with Gasteiger partial charge < -0.3 is 46.1 Å². The van der Waals surface area contributed by atoms with Crippen molar-refractivity contribution in [1.82, 2.24) is 51.0 Å². The first-order valence-corrected chi connectivity index (χ1v) is 20.9. The summed E-state index contributed by atoms with van der Waals surface area (Å²) in [6.45, 7) is 4.44. The van der Waals surface area contributed by atoms with Crippen LogP contribution in [0, 0.1) is 11.8 Å². The van der Waals surface area contributed by atoms with E-state index in [-0.39, 0.29) is 52.9 Å². The maximum atomic E-state index is 12.4. The van der Waals surface area contributed by atoms with E-state index in [4.69, 9.17) is 14.2 Å². The van der Waals surface area contributed by atoms with Crippen LogP contribution in [-0.4, -0.2) is 98.9 Å².